The number of halogens is 3. The Bertz CT molecular complexity index is 534. The maximum atomic E-state index is 12.5. The SMILES string of the molecule is Cn1ccnc1SCc1cccc(C(F)(F)F)c1. The summed E-state index contributed by atoms with van der Waals surface area (Å²) < 4.78 is 39.4. The second-order valence-corrected chi connectivity index (χ2v) is 4.75. The molecule has 0 atom stereocenters. The van der Waals surface area contributed by atoms with Crippen molar-refractivity contribution in [1.82, 2.24) is 9.55 Å². The van der Waals surface area contributed by atoms with E-state index in [1.54, 1.807) is 18.5 Å². The molecule has 0 saturated carbocycles. The molecule has 0 bridgehead atoms. The van der Waals surface area contributed by atoms with E-state index in [4.69, 9.17) is 0 Å². The van der Waals surface area contributed by atoms with E-state index in [9.17, 15) is 13.2 Å². The molecule has 0 unspecified atom stereocenters. The number of imidazole rings is 1. The molecule has 0 spiro atoms. The Morgan fingerprint density at radius 3 is 2.72 bits per heavy atom. The van der Waals surface area contributed by atoms with E-state index in [-0.39, 0.29) is 0 Å². The Balaban J connectivity index is 2.09. The van der Waals surface area contributed by atoms with Crippen LogP contribution in [-0.2, 0) is 19.0 Å². The lowest BCUT2D eigenvalue weighted by atomic mass is 10.1. The van der Waals surface area contributed by atoms with Gasteiger partial charge in [0, 0.05) is 25.2 Å². The fourth-order valence-corrected chi connectivity index (χ4v) is 2.35. The number of hydrogen-bond donors (Lipinski definition) is 0. The average Bonchev–Trinajstić information content (AvgIpc) is 2.72. The van der Waals surface area contributed by atoms with Crippen LogP contribution in [0.25, 0.3) is 0 Å². The highest BCUT2D eigenvalue weighted by Crippen LogP contribution is 2.30. The zero-order chi connectivity index (χ0) is 13.2. The first-order valence-corrected chi connectivity index (χ1v) is 6.21. The lowest BCUT2D eigenvalue weighted by Gasteiger charge is -2.08. The molecule has 96 valence electrons. The van der Waals surface area contributed by atoms with Gasteiger partial charge >= 0.3 is 6.18 Å². The van der Waals surface area contributed by atoms with Gasteiger partial charge in [-0.1, -0.05) is 30.0 Å². The molecule has 1 aromatic carbocycles. The second-order valence-electron chi connectivity index (χ2n) is 3.81. The van der Waals surface area contributed by atoms with E-state index in [1.165, 1.54) is 23.9 Å². The molecule has 18 heavy (non-hydrogen) atoms. The van der Waals surface area contributed by atoms with E-state index < -0.39 is 11.7 Å². The molecule has 0 N–H and O–H groups in total. The van der Waals surface area contributed by atoms with Gasteiger partial charge in [-0.05, 0) is 11.6 Å². The topological polar surface area (TPSA) is 17.8 Å². The lowest BCUT2D eigenvalue weighted by Crippen LogP contribution is -2.05. The number of aromatic nitrogens is 2. The summed E-state index contributed by atoms with van der Waals surface area (Å²) in [6.45, 7) is 0. The van der Waals surface area contributed by atoms with Crippen LogP contribution in [0.3, 0.4) is 0 Å². The summed E-state index contributed by atoms with van der Waals surface area (Å²) in [7, 11) is 1.85. The normalized spacial score (nSPS) is 11.8. The molecule has 2 rings (SSSR count). The molecule has 1 heterocycles. The lowest BCUT2D eigenvalue weighted by molar-refractivity contribution is -0.137. The Morgan fingerprint density at radius 1 is 1.33 bits per heavy atom. The molecule has 0 saturated heterocycles. The molecule has 0 amide bonds. The van der Waals surface area contributed by atoms with Crippen LogP contribution in [-0.4, -0.2) is 9.55 Å². The predicted molar refractivity (Wildman–Crippen MR) is 64.2 cm³/mol. The average molecular weight is 272 g/mol. The zero-order valence-corrected chi connectivity index (χ0v) is 10.4. The molecule has 2 aromatic rings. The van der Waals surface area contributed by atoms with Crippen molar-refractivity contribution >= 4 is 11.8 Å². The largest absolute Gasteiger partial charge is 0.416 e. The number of alkyl halides is 3. The minimum Gasteiger partial charge on any atom is -0.329 e. The molecule has 0 radical (unpaired) electrons. The zero-order valence-electron chi connectivity index (χ0n) is 9.61. The molecule has 1 aromatic heterocycles. The summed E-state index contributed by atoms with van der Waals surface area (Å²) in [6.07, 6.45) is -0.827. The highest BCUT2D eigenvalue weighted by atomic mass is 32.2. The third-order valence-electron chi connectivity index (χ3n) is 2.40. The van der Waals surface area contributed by atoms with E-state index in [2.05, 4.69) is 4.98 Å². The number of hydrogen-bond acceptors (Lipinski definition) is 2. The number of benzene rings is 1. The summed E-state index contributed by atoms with van der Waals surface area (Å²) in [5.41, 5.74) is 0.0262. The standard InChI is InChI=1S/C12H11F3N2S/c1-17-6-5-16-11(17)18-8-9-3-2-4-10(7-9)12(13,14)15/h2-7H,8H2,1H3. The molecule has 0 aliphatic carbocycles. The third kappa shape index (κ3) is 3.07. The molecule has 0 aliphatic heterocycles. The van der Waals surface area contributed by atoms with Gasteiger partial charge in [-0.25, -0.2) is 4.98 Å². The van der Waals surface area contributed by atoms with Gasteiger partial charge in [-0.15, -0.1) is 0 Å². The van der Waals surface area contributed by atoms with Gasteiger partial charge in [0.05, 0.1) is 5.56 Å². The molecule has 0 aliphatic rings. The third-order valence-corrected chi connectivity index (χ3v) is 3.53. The first-order chi connectivity index (χ1) is 8.47. The van der Waals surface area contributed by atoms with Crippen LogP contribution >= 0.6 is 11.8 Å². The van der Waals surface area contributed by atoms with Crippen LogP contribution in [0.4, 0.5) is 13.2 Å². The maximum absolute atomic E-state index is 12.5. The summed E-state index contributed by atoms with van der Waals surface area (Å²) in [5.74, 6) is 0.467. The quantitative estimate of drug-likeness (QED) is 0.792. The van der Waals surface area contributed by atoms with Crippen molar-refractivity contribution in [3.63, 3.8) is 0 Å². The van der Waals surface area contributed by atoms with Crippen LogP contribution in [0.5, 0.6) is 0 Å². The van der Waals surface area contributed by atoms with Gasteiger partial charge in [0.15, 0.2) is 5.16 Å². The molecular weight excluding hydrogens is 261 g/mol. The van der Waals surface area contributed by atoms with Gasteiger partial charge in [0.1, 0.15) is 0 Å². The van der Waals surface area contributed by atoms with Crippen LogP contribution in [0.2, 0.25) is 0 Å². The Hall–Kier alpha value is -1.43. The Morgan fingerprint density at radius 2 is 2.11 bits per heavy atom. The van der Waals surface area contributed by atoms with Gasteiger partial charge in [0.25, 0.3) is 0 Å². The Labute approximate surface area is 107 Å². The predicted octanol–water partition coefficient (Wildman–Crippen LogP) is 3.73. The van der Waals surface area contributed by atoms with Gasteiger partial charge in [-0.2, -0.15) is 13.2 Å². The van der Waals surface area contributed by atoms with E-state index in [1.807, 2.05) is 11.6 Å². The van der Waals surface area contributed by atoms with Gasteiger partial charge < -0.3 is 4.57 Å². The van der Waals surface area contributed by atoms with Crippen LogP contribution in [0.1, 0.15) is 11.1 Å². The van der Waals surface area contributed by atoms with Crippen molar-refractivity contribution < 1.29 is 13.2 Å². The maximum Gasteiger partial charge on any atom is 0.416 e. The van der Waals surface area contributed by atoms with E-state index in [0.717, 1.165) is 11.2 Å². The van der Waals surface area contributed by atoms with Crippen molar-refractivity contribution in [3.05, 3.63) is 47.8 Å². The first-order valence-electron chi connectivity index (χ1n) is 5.23. The summed E-state index contributed by atoms with van der Waals surface area (Å²) in [6, 6.07) is 5.37. The monoisotopic (exact) mass is 272 g/mol. The fourth-order valence-electron chi connectivity index (χ4n) is 1.48. The summed E-state index contributed by atoms with van der Waals surface area (Å²) in [4.78, 5) is 4.11. The van der Waals surface area contributed by atoms with Crippen molar-refractivity contribution in [2.45, 2.75) is 17.1 Å². The Kier molecular flexibility index (Phi) is 3.65. The summed E-state index contributed by atoms with van der Waals surface area (Å²) >= 11 is 1.41. The highest BCUT2D eigenvalue weighted by molar-refractivity contribution is 7.98. The van der Waals surface area contributed by atoms with Crippen molar-refractivity contribution in [2.75, 3.05) is 0 Å². The number of aryl methyl sites for hydroxylation is 1. The first kappa shape index (κ1) is 13.0. The van der Waals surface area contributed by atoms with Crippen LogP contribution in [0.15, 0.2) is 41.8 Å². The van der Waals surface area contributed by atoms with Crippen LogP contribution in [0, 0.1) is 0 Å². The second kappa shape index (κ2) is 5.06. The molecule has 0 fully saturated rings. The highest BCUT2D eigenvalue weighted by Gasteiger charge is 2.30. The number of rotatable bonds is 3. The molecule has 2 nitrogen and oxygen atoms in total. The summed E-state index contributed by atoms with van der Waals surface area (Å²) in [5, 5.41) is 0.785. The minimum absolute atomic E-state index is 0.467. The van der Waals surface area contributed by atoms with Crippen molar-refractivity contribution in [1.29, 1.82) is 0 Å². The smallest absolute Gasteiger partial charge is 0.329 e. The van der Waals surface area contributed by atoms with Gasteiger partial charge in [-0.3, -0.25) is 0 Å². The van der Waals surface area contributed by atoms with Crippen LogP contribution < -0.4 is 0 Å². The number of thioether (sulfide) groups is 1. The minimum atomic E-state index is -4.29. The van der Waals surface area contributed by atoms with Crippen molar-refractivity contribution in [2.24, 2.45) is 7.05 Å². The van der Waals surface area contributed by atoms with E-state index >= 15 is 0 Å². The molecule has 6 heteroatoms. The number of nitrogens with zero attached hydrogens (tertiary/aromatic N) is 2. The van der Waals surface area contributed by atoms with E-state index in [0.29, 0.717) is 11.3 Å². The van der Waals surface area contributed by atoms with Crippen molar-refractivity contribution in [3.8, 4) is 0 Å². The fraction of sp³-hybridized carbons (Fsp3) is 0.250. The molecular formula is C12H11F3N2S. The van der Waals surface area contributed by atoms with Gasteiger partial charge in [0.2, 0.25) is 0 Å².